The molecule has 1 atom stereocenters. The molecule has 1 saturated heterocycles. The molecule has 4 rings (SSSR count). The second kappa shape index (κ2) is 7.35. The largest absolute Gasteiger partial charge is 0.376 e. The minimum absolute atomic E-state index is 0.0426. The first kappa shape index (κ1) is 16.9. The van der Waals surface area contributed by atoms with Crippen LogP contribution in [-0.2, 0) is 4.74 Å². The van der Waals surface area contributed by atoms with Crippen molar-refractivity contribution in [2.45, 2.75) is 18.9 Å². The first-order chi connectivity index (χ1) is 12.7. The predicted octanol–water partition coefficient (Wildman–Crippen LogP) is 3.04. The molecule has 1 aromatic carbocycles. The van der Waals surface area contributed by atoms with Crippen LogP contribution in [0.4, 0.5) is 4.39 Å². The van der Waals surface area contributed by atoms with Gasteiger partial charge in [0.05, 0.1) is 16.7 Å². The summed E-state index contributed by atoms with van der Waals surface area (Å²) in [6, 6.07) is 9.82. The topological polar surface area (TPSA) is 69.0 Å². The molecule has 6 nitrogen and oxygen atoms in total. The summed E-state index contributed by atoms with van der Waals surface area (Å²) in [5, 5.41) is 9.05. The van der Waals surface area contributed by atoms with Gasteiger partial charge in [0.25, 0.3) is 5.91 Å². The minimum atomic E-state index is -0.375. The molecule has 134 valence electrons. The standard InChI is InChI=1S/C18H17FN4O2S/c19-12-4-1-5-13(10-12)23-17(15-7-3-9-26-15)21-16(22-23)18(24)20-11-14-6-2-8-25-14/h1,3-5,7,9-10,14H,2,6,8,11H2,(H,20,24)/t14-/m0/s1. The van der Waals surface area contributed by atoms with Crippen LogP contribution in [0.25, 0.3) is 16.4 Å². The van der Waals surface area contributed by atoms with Crippen LogP contribution in [0.3, 0.4) is 0 Å². The average molecular weight is 372 g/mol. The van der Waals surface area contributed by atoms with Crippen molar-refractivity contribution in [2.24, 2.45) is 0 Å². The first-order valence-corrected chi connectivity index (χ1v) is 9.25. The molecule has 1 fully saturated rings. The maximum absolute atomic E-state index is 13.6. The van der Waals surface area contributed by atoms with Crippen LogP contribution in [0.1, 0.15) is 23.5 Å². The number of nitrogens with one attached hydrogen (secondary N) is 1. The molecule has 1 aliphatic heterocycles. The molecule has 0 saturated carbocycles. The van der Waals surface area contributed by atoms with Gasteiger partial charge in [-0.3, -0.25) is 4.79 Å². The van der Waals surface area contributed by atoms with E-state index in [1.807, 2.05) is 17.5 Å². The van der Waals surface area contributed by atoms with Gasteiger partial charge in [0.1, 0.15) is 5.82 Å². The molecule has 3 heterocycles. The average Bonchev–Trinajstić information content (AvgIpc) is 3.40. The van der Waals surface area contributed by atoms with E-state index >= 15 is 0 Å². The van der Waals surface area contributed by atoms with Crippen LogP contribution >= 0.6 is 11.3 Å². The third-order valence-electron chi connectivity index (χ3n) is 4.12. The van der Waals surface area contributed by atoms with Gasteiger partial charge in [0, 0.05) is 13.2 Å². The van der Waals surface area contributed by atoms with Crippen molar-refractivity contribution in [2.75, 3.05) is 13.2 Å². The molecule has 0 aliphatic carbocycles. The van der Waals surface area contributed by atoms with E-state index in [4.69, 9.17) is 4.74 Å². The number of carbonyl (C=O) groups excluding carboxylic acids is 1. The summed E-state index contributed by atoms with van der Waals surface area (Å²) < 4.78 is 20.6. The van der Waals surface area contributed by atoms with Crippen LogP contribution in [0.2, 0.25) is 0 Å². The highest BCUT2D eigenvalue weighted by Crippen LogP contribution is 2.25. The molecule has 1 amide bonds. The Morgan fingerprint density at radius 1 is 1.38 bits per heavy atom. The second-order valence-electron chi connectivity index (χ2n) is 5.97. The van der Waals surface area contributed by atoms with Crippen molar-refractivity contribution in [3.05, 3.63) is 53.4 Å². The Bertz CT molecular complexity index is 904. The van der Waals surface area contributed by atoms with Crippen molar-refractivity contribution in [3.8, 4) is 16.4 Å². The summed E-state index contributed by atoms with van der Waals surface area (Å²) in [7, 11) is 0. The maximum Gasteiger partial charge on any atom is 0.291 e. The lowest BCUT2D eigenvalue weighted by molar-refractivity contribution is 0.0849. The Morgan fingerprint density at radius 3 is 3.04 bits per heavy atom. The molecule has 26 heavy (non-hydrogen) atoms. The zero-order chi connectivity index (χ0) is 17.9. The number of ether oxygens (including phenoxy) is 1. The number of hydrogen-bond donors (Lipinski definition) is 1. The zero-order valence-corrected chi connectivity index (χ0v) is 14.7. The molecule has 0 spiro atoms. The third kappa shape index (κ3) is 3.51. The number of thiophene rings is 1. The molecule has 2 aromatic heterocycles. The number of rotatable bonds is 5. The Labute approximate surface area is 153 Å². The second-order valence-corrected chi connectivity index (χ2v) is 6.92. The van der Waals surface area contributed by atoms with Crippen molar-refractivity contribution in [1.29, 1.82) is 0 Å². The summed E-state index contributed by atoms with van der Waals surface area (Å²) in [5.74, 6) is -0.184. The number of carbonyl (C=O) groups is 1. The van der Waals surface area contributed by atoms with E-state index in [0.29, 0.717) is 18.1 Å². The smallest absolute Gasteiger partial charge is 0.291 e. The monoisotopic (exact) mass is 372 g/mol. The number of nitrogens with zero attached hydrogens (tertiary/aromatic N) is 3. The molecule has 1 aliphatic rings. The van der Waals surface area contributed by atoms with Crippen LogP contribution in [0.15, 0.2) is 41.8 Å². The molecule has 8 heteroatoms. The number of aromatic nitrogens is 3. The minimum Gasteiger partial charge on any atom is -0.376 e. The molecular weight excluding hydrogens is 355 g/mol. The van der Waals surface area contributed by atoms with Gasteiger partial charge in [-0.1, -0.05) is 12.1 Å². The van der Waals surface area contributed by atoms with Gasteiger partial charge in [0.2, 0.25) is 5.82 Å². The lowest BCUT2D eigenvalue weighted by Crippen LogP contribution is -2.32. The van der Waals surface area contributed by atoms with Crippen molar-refractivity contribution >= 4 is 17.2 Å². The van der Waals surface area contributed by atoms with Crippen molar-refractivity contribution < 1.29 is 13.9 Å². The SMILES string of the molecule is O=C(NC[C@@H]1CCCO1)c1nc(-c2cccs2)n(-c2cccc(F)c2)n1. The number of amides is 1. The molecule has 3 aromatic rings. The number of benzene rings is 1. The molecule has 1 N–H and O–H groups in total. The van der Waals surface area contributed by atoms with Crippen LogP contribution in [0, 0.1) is 5.82 Å². The summed E-state index contributed by atoms with van der Waals surface area (Å²) in [6.07, 6.45) is 1.99. The van der Waals surface area contributed by atoms with Gasteiger partial charge in [-0.15, -0.1) is 16.4 Å². The van der Waals surface area contributed by atoms with E-state index in [0.717, 1.165) is 24.3 Å². The normalized spacial score (nSPS) is 16.7. The molecule has 0 bridgehead atoms. The summed E-state index contributed by atoms with van der Waals surface area (Å²) in [6.45, 7) is 1.16. The highest BCUT2D eigenvalue weighted by Gasteiger charge is 2.21. The molecule has 0 unspecified atom stereocenters. The van der Waals surface area contributed by atoms with Crippen molar-refractivity contribution in [1.82, 2.24) is 20.1 Å². The van der Waals surface area contributed by atoms with Gasteiger partial charge >= 0.3 is 0 Å². The molecular formula is C18H17FN4O2S. The van der Waals surface area contributed by atoms with E-state index in [9.17, 15) is 9.18 Å². The lowest BCUT2D eigenvalue weighted by Gasteiger charge is -2.09. The van der Waals surface area contributed by atoms with Gasteiger partial charge in [-0.25, -0.2) is 14.1 Å². The molecule has 0 radical (unpaired) electrons. The fourth-order valence-corrected chi connectivity index (χ4v) is 3.55. The van der Waals surface area contributed by atoms with Gasteiger partial charge in [0.15, 0.2) is 5.82 Å². The number of hydrogen-bond acceptors (Lipinski definition) is 5. The Balaban J connectivity index is 1.63. The van der Waals surface area contributed by atoms with Gasteiger partial charge < -0.3 is 10.1 Å². The summed E-state index contributed by atoms with van der Waals surface area (Å²) in [4.78, 5) is 17.7. The summed E-state index contributed by atoms with van der Waals surface area (Å²) >= 11 is 1.48. The van der Waals surface area contributed by atoms with E-state index in [2.05, 4.69) is 15.4 Å². The number of halogens is 1. The van der Waals surface area contributed by atoms with E-state index < -0.39 is 0 Å². The lowest BCUT2D eigenvalue weighted by atomic mass is 10.2. The van der Waals surface area contributed by atoms with Crippen LogP contribution < -0.4 is 5.32 Å². The Kier molecular flexibility index (Phi) is 4.77. The van der Waals surface area contributed by atoms with Gasteiger partial charge in [-0.2, -0.15) is 0 Å². The maximum atomic E-state index is 13.6. The Morgan fingerprint density at radius 2 is 2.31 bits per heavy atom. The van der Waals surface area contributed by atoms with E-state index in [-0.39, 0.29) is 23.7 Å². The Hall–Kier alpha value is -2.58. The highest BCUT2D eigenvalue weighted by molar-refractivity contribution is 7.13. The fourth-order valence-electron chi connectivity index (χ4n) is 2.85. The fraction of sp³-hybridized carbons (Fsp3) is 0.278. The van der Waals surface area contributed by atoms with E-state index in [1.54, 1.807) is 12.1 Å². The van der Waals surface area contributed by atoms with Gasteiger partial charge in [-0.05, 0) is 42.5 Å². The third-order valence-corrected chi connectivity index (χ3v) is 4.98. The zero-order valence-electron chi connectivity index (χ0n) is 13.9. The van der Waals surface area contributed by atoms with Crippen LogP contribution in [-0.4, -0.2) is 39.9 Å². The first-order valence-electron chi connectivity index (χ1n) is 8.37. The van der Waals surface area contributed by atoms with E-state index in [1.165, 1.54) is 28.2 Å². The van der Waals surface area contributed by atoms with Crippen LogP contribution in [0.5, 0.6) is 0 Å². The quantitative estimate of drug-likeness (QED) is 0.747. The highest BCUT2D eigenvalue weighted by atomic mass is 32.1. The summed E-state index contributed by atoms with van der Waals surface area (Å²) in [5.41, 5.74) is 0.513. The predicted molar refractivity (Wildman–Crippen MR) is 95.9 cm³/mol. The van der Waals surface area contributed by atoms with Crippen molar-refractivity contribution in [3.63, 3.8) is 0 Å².